The van der Waals surface area contributed by atoms with Gasteiger partial charge < -0.3 is 10.1 Å². The third-order valence-electron chi connectivity index (χ3n) is 3.19. The summed E-state index contributed by atoms with van der Waals surface area (Å²) in [5, 5.41) is 3.36. The standard InChI is InChI=1S/C13H21N3O/c1-3-14-10-12-13(16(2)8-9-17-12)11-6-4-5-7-15-11/h4-7,12-14H,3,8-10H2,1-2H3. The topological polar surface area (TPSA) is 37.4 Å². The predicted octanol–water partition coefficient (Wildman–Crippen LogP) is 1.06. The Bertz CT molecular complexity index is 331. The minimum Gasteiger partial charge on any atom is -0.374 e. The molecule has 1 fully saturated rings. The number of likely N-dealkylation sites (N-methyl/N-ethyl adjacent to an activating group) is 2. The molecule has 1 aromatic rings. The average molecular weight is 235 g/mol. The molecular weight excluding hydrogens is 214 g/mol. The maximum atomic E-state index is 5.87. The second-order valence-electron chi connectivity index (χ2n) is 4.40. The molecule has 1 aliphatic heterocycles. The van der Waals surface area contributed by atoms with Crippen molar-refractivity contribution in [2.75, 3.05) is 33.3 Å². The Morgan fingerprint density at radius 3 is 3.12 bits per heavy atom. The molecule has 0 amide bonds. The van der Waals surface area contributed by atoms with Gasteiger partial charge in [0.05, 0.1) is 24.4 Å². The van der Waals surface area contributed by atoms with E-state index in [1.807, 2.05) is 18.3 Å². The molecule has 1 aliphatic rings. The third-order valence-corrected chi connectivity index (χ3v) is 3.19. The molecule has 4 heteroatoms. The fraction of sp³-hybridized carbons (Fsp3) is 0.615. The molecule has 17 heavy (non-hydrogen) atoms. The van der Waals surface area contributed by atoms with Crippen LogP contribution in [0.2, 0.25) is 0 Å². The van der Waals surface area contributed by atoms with E-state index in [2.05, 4.69) is 35.2 Å². The quantitative estimate of drug-likeness (QED) is 0.847. The summed E-state index contributed by atoms with van der Waals surface area (Å²) in [6.45, 7) is 5.72. The molecular formula is C13H21N3O. The summed E-state index contributed by atoms with van der Waals surface area (Å²) in [7, 11) is 2.14. The van der Waals surface area contributed by atoms with Gasteiger partial charge in [-0.1, -0.05) is 13.0 Å². The van der Waals surface area contributed by atoms with Gasteiger partial charge in [0.15, 0.2) is 0 Å². The Labute approximate surface area is 103 Å². The van der Waals surface area contributed by atoms with Crippen LogP contribution in [0.1, 0.15) is 18.7 Å². The molecule has 2 atom stereocenters. The summed E-state index contributed by atoms with van der Waals surface area (Å²) in [6, 6.07) is 6.32. The van der Waals surface area contributed by atoms with E-state index in [4.69, 9.17) is 4.74 Å². The van der Waals surface area contributed by atoms with E-state index in [0.29, 0.717) is 0 Å². The van der Waals surface area contributed by atoms with Gasteiger partial charge in [0.25, 0.3) is 0 Å². The van der Waals surface area contributed by atoms with Gasteiger partial charge in [0.1, 0.15) is 0 Å². The maximum absolute atomic E-state index is 5.87. The van der Waals surface area contributed by atoms with E-state index in [1.54, 1.807) is 0 Å². The number of rotatable bonds is 4. The molecule has 0 aliphatic carbocycles. The smallest absolute Gasteiger partial charge is 0.0911 e. The normalized spacial score (nSPS) is 26.0. The summed E-state index contributed by atoms with van der Waals surface area (Å²) in [4.78, 5) is 6.79. The Balaban J connectivity index is 2.13. The van der Waals surface area contributed by atoms with Gasteiger partial charge in [-0.15, -0.1) is 0 Å². The van der Waals surface area contributed by atoms with Crippen LogP contribution in [0.4, 0.5) is 0 Å². The number of hydrogen-bond acceptors (Lipinski definition) is 4. The van der Waals surface area contributed by atoms with Crippen molar-refractivity contribution < 1.29 is 4.74 Å². The highest BCUT2D eigenvalue weighted by Crippen LogP contribution is 2.26. The van der Waals surface area contributed by atoms with Crippen LogP contribution >= 0.6 is 0 Å². The Hall–Kier alpha value is -0.970. The lowest BCUT2D eigenvalue weighted by Crippen LogP contribution is -2.47. The lowest BCUT2D eigenvalue weighted by Gasteiger charge is -2.38. The molecule has 2 rings (SSSR count). The van der Waals surface area contributed by atoms with Crippen molar-refractivity contribution in [2.45, 2.75) is 19.1 Å². The van der Waals surface area contributed by atoms with Crippen LogP contribution in [0.25, 0.3) is 0 Å². The van der Waals surface area contributed by atoms with Gasteiger partial charge in [0, 0.05) is 19.3 Å². The van der Waals surface area contributed by atoms with E-state index >= 15 is 0 Å². The first-order valence-corrected chi connectivity index (χ1v) is 6.26. The first-order valence-electron chi connectivity index (χ1n) is 6.26. The zero-order valence-corrected chi connectivity index (χ0v) is 10.6. The Kier molecular flexibility index (Phi) is 4.48. The van der Waals surface area contributed by atoms with Crippen molar-refractivity contribution in [3.05, 3.63) is 30.1 Å². The fourth-order valence-corrected chi connectivity index (χ4v) is 2.29. The van der Waals surface area contributed by atoms with Crippen LogP contribution in [0, 0.1) is 0 Å². The molecule has 2 heterocycles. The molecule has 4 nitrogen and oxygen atoms in total. The molecule has 1 N–H and O–H groups in total. The van der Waals surface area contributed by atoms with Crippen molar-refractivity contribution in [1.29, 1.82) is 0 Å². The molecule has 1 aromatic heterocycles. The van der Waals surface area contributed by atoms with Crippen LogP contribution in [0.3, 0.4) is 0 Å². The number of aromatic nitrogens is 1. The van der Waals surface area contributed by atoms with Crippen molar-refractivity contribution in [3.63, 3.8) is 0 Å². The van der Waals surface area contributed by atoms with Crippen LogP contribution in [-0.4, -0.2) is 49.3 Å². The fourth-order valence-electron chi connectivity index (χ4n) is 2.29. The first-order chi connectivity index (χ1) is 8.33. The predicted molar refractivity (Wildman–Crippen MR) is 67.9 cm³/mol. The lowest BCUT2D eigenvalue weighted by atomic mass is 10.0. The first kappa shape index (κ1) is 12.5. The van der Waals surface area contributed by atoms with Gasteiger partial charge in [-0.05, 0) is 25.7 Å². The lowest BCUT2D eigenvalue weighted by molar-refractivity contribution is -0.0624. The second-order valence-corrected chi connectivity index (χ2v) is 4.40. The van der Waals surface area contributed by atoms with E-state index in [1.165, 1.54) is 0 Å². The molecule has 0 radical (unpaired) electrons. The summed E-state index contributed by atoms with van der Waals surface area (Å²) < 4.78 is 5.87. The Morgan fingerprint density at radius 1 is 1.53 bits per heavy atom. The molecule has 1 saturated heterocycles. The number of morpholine rings is 1. The van der Waals surface area contributed by atoms with Crippen LogP contribution < -0.4 is 5.32 Å². The zero-order valence-electron chi connectivity index (χ0n) is 10.6. The van der Waals surface area contributed by atoms with E-state index in [0.717, 1.165) is 31.9 Å². The SMILES string of the molecule is CCNCC1OCCN(C)C1c1ccccn1. The highest BCUT2D eigenvalue weighted by molar-refractivity contribution is 5.11. The number of nitrogens with zero attached hydrogens (tertiary/aromatic N) is 2. The number of ether oxygens (including phenoxy) is 1. The van der Waals surface area contributed by atoms with E-state index < -0.39 is 0 Å². The van der Waals surface area contributed by atoms with Crippen molar-refractivity contribution in [1.82, 2.24) is 15.2 Å². The summed E-state index contributed by atoms with van der Waals surface area (Å²) in [6.07, 6.45) is 2.03. The number of pyridine rings is 1. The summed E-state index contributed by atoms with van der Waals surface area (Å²) in [5.74, 6) is 0. The molecule has 0 spiro atoms. The van der Waals surface area contributed by atoms with Gasteiger partial charge in [-0.25, -0.2) is 0 Å². The van der Waals surface area contributed by atoms with Crippen molar-refractivity contribution in [3.8, 4) is 0 Å². The van der Waals surface area contributed by atoms with E-state index in [9.17, 15) is 0 Å². The van der Waals surface area contributed by atoms with Gasteiger partial charge in [0.2, 0.25) is 0 Å². The van der Waals surface area contributed by atoms with Gasteiger partial charge in [-0.2, -0.15) is 0 Å². The van der Waals surface area contributed by atoms with Crippen LogP contribution in [-0.2, 0) is 4.74 Å². The van der Waals surface area contributed by atoms with E-state index in [-0.39, 0.29) is 12.1 Å². The largest absolute Gasteiger partial charge is 0.374 e. The minimum absolute atomic E-state index is 0.184. The second kappa shape index (κ2) is 6.10. The monoisotopic (exact) mass is 235 g/mol. The number of hydrogen-bond donors (Lipinski definition) is 1. The molecule has 0 bridgehead atoms. The van der Waals surface area contributed by atoms with Gasteiger partial charge in [-0.3, -0.25) is 9.88 Å². The molecule has 94 valence electrons. The average Bonchev–Trinajstić information content (AvgIpc) is 2.37. The summed E-state index contributed by atoms with van der Waals surface area (Å²) >= 11 is 0. The minimum atomic E-state index is 0.184. The van der Waals surface area contributed by atoms with Gasteiger partial charge >= 0.3 is 0 Å². The summed E-state index contributed by atoms with van der Waals surface area (Å²) in [5.41, 5.74) is 1.10. The van der Waals surface area contributed by atoms with Crippen molar-refractivity contribution in [2.24, 2.45) is 0 Å². The molecule has 0 saturated carbocycles. The van der Waals surface area contributed by atoms with Crippen LogP contribution in [0.5, 0.6) is 0 Å². The van der Waals surface area contributed by atoms with Crippen LogP contribution in [0.15, 0.2) is 24.4 Å². The zero-order chi connectivity index (χ0) is 12.1. The molecule has 2 unspecified atom stereocenters. The number of nitrogens with one attached hydrogen (secondary N) is 1. The highest BCUT2D eigenvalue weighted by atomic mass is 16.5. The maximum Gasteiger partial charge on any atom is 0.0911 e. The third kappa shape index (κ3) is 3.03. The van der Waals surface area contributed by atoms with Crippen molar-refractivity contribution >= 4 is 0 Å². The Morgan fingerprint density at radius 2 is 2.41 bits per heavy atom. The highest BCUT2D eigenvalue weighted by Gasteiger charge is 2.31. The molecule has 0 aromatic carbocycles.